The standard InChI is InChI=1S/C15H18N2O/c1-2-17-14(18)10-13(11-6-3-4-7-11)12-8-5-9-16-15(12)17/h5,8-11H,2-4,6-7H2,1H3. The summed E-state index contributed by atoms with van der Waals surface area (Å²) in [5, 5.41) is 1.16. The van der Waals surface area contributed by atoms with Gasteiger partial charge in [0.2, 0.25) is 0 Å². The second kappa shape index (κ2) is 4.56. The Hall–Kier alpha value is -1.64. The fourth-order valence-corrected chi connectivity index (χ4v) is 3.11. The third kappa shape index (κ3) is 1.74. The first-order valence-corrected chi connectivity index (χ1v) is 6.79. The Morgan fingerprint density at radius 3 is 2.89 bits per heavy atom. The highest BCUT2D eigenvalue weighted by molar-refractivity contribution is 5.79. The van der Waals surface area contributed by atoms with Crippen LogP contribution in [-0.2, 0) is 6.54 Å². The van der Waals surface area contributed by atoms with Crippen LogP contribution in [0.15, 0.2) is 29.2 Å². The van der Waals surface area contributed by atoms with Gasteiger partial charge in [0.25, 0.3) is 5.56 Å². The average Bonchev–Trinajstić information content (AvgIpc) is 2.91. The summed E-state index contributed by atoms with van der Waals surface area (Å²) in [5.41, 5.74) is 2.14. The molecule has 0 atom stereocenters. The molecule has 0 bridgehead atoms. The maximum atomic E-state index is 12.2. The largest absolute Gasteiger partial charge is 0.293 e. The van der Waals surface area contributed by atoms with Gasteiger partial charge in [-0.2, -0.15) is 0 Å². The van der Waals surface area contributed by atoms with Crippen molar-refractivity contribution in [2.45, 2.75) is 45.1 Å². The highest BCUT2D eigenvalue weighted by Gasteiger charge is 2.21. The molecule has 0 unspecified atom stereocenters. The Morgan fingerprint density at radius 2 is 2.17 bits per heavy atom. The molecule has 2 heterocycles. The minimum Gasteiger partial charge on any atom is -0.293 e. The zero-order valence-electron chi connectivity index (χ0n) is 10.7. The van der Waals surface area contributed by atoms with Crippen LogP contribution in [0, 0.1) is 0 Å². The van der Waals surface area contributed by atoms with E-state index in [1.807, 2.05) is 19.1 Å². The van der Waals surface area contributed by atoms with E-state index in [-0.39, 0.29) is 5.56 Å². The summed E-state index contributed by atoms with van der Waals surface area (Å²) in [6, 6.07) is 5.90. The molecule has 0 aliphatic heterocycles. The number of fused-ring (bicyclic) bond motifs is 1. The Morgan fingerprint density at radius 1 is 1.39 bits per heavy atom. The quantitative estimate of drug-likeness (QED) is 0.811. The summed E-state index contributed by atoms with van der Waals surface area (Å²) >= 11 is 0. The van der Waals surface area contributed by atoms with Gasteiger partial charge in [0, 0.05) is 24.2 Å². The van der Waals surface area contributed by atoms with Gasteiger partial charge >= 0.3 is 0 Å². The highest BCUT2D eigenvalue weighted by atomic mass is 16.1. The highest BCUT2D eigenvalue weighted by Crippen LogP contribution is 2.36. The van der Waals surface area contributed by atoms with Crippen molar-refractivity contribution < 1.29 is 0 Å². The second-order valence-corrected chi connectivity index (χ2v) is 5.04. The van der Waals surface area contributed by atoms with Gasteiger partial charge < -0.3 is 0 Å². The van der Waals surface area contributed by atoms with Crippen LogP contribution in [0.5, 0.6) is 0 Å². The SMILES string of the molecule is CCn1c(=O)cc(C2CCCC2)c2cccnc21. The first-order chi connectivity index (χ1) is 8.81. The lowest BCUT2D eigenvalue weighted by molar-refractivity contribution is 0.708. The number of pyridine rings is 2. The van der Waals surface area contributed by atoms with Crippen LogP contribution >= 0.6 is 0 Å². The lowest BCUT2D eigenvalue weighted by Gasteiger charge is -2.15. The van der Waals surface area contributed by atoms with E-state index in [0.717, 1.165) is 11.0 Å². The maximum absolute atomic E-state index is 12.2. The van der Waals surface area contributed by atoms with Gasteiger partial charge in [-0.3, -0.25) is 9.36 Å². The predicted molar refractivity (Wildman–Crippen MR) is 72.9 cm³/mol. The third-order valence-electron chi connectivity index (χ3n) is 4.01. The van der Waals surface area contributed by atoms with E-state index in [1.54, 1.807) is 10.8 Å². The first kappa shape index (κ1) is 11.5. The van der Waals surface area contributed by atoms with E-state index in [9.17, 15) is 4.79 Å². The Labute approximate surface area is 106 Å². The molecule has 1 aliphatic carbocycles. The summed E-state index contributed by atoms with van der Waals surface area (Å²) in [4.78, 5) is 16.6. The van der Waals surface area contributed by atoms with E-state index in [0.29, 0.717) is 12.5 Å². The lowest BCUT2D eigenvalue weighted by Crippen LogP contribution is -2.21. The average molecular weight is 242 g/mol. The van der Waals surface area contributed by atoms with Crippen molar-refractivity contribution in [1.82, 2.24) is 9.55 Å². The van der Waals surface area contributed by atoms with Crippen molar-refractivity contribution in [2.75, 3.05) is 0 Å². The number of rotatable bonds is 2. The molecule has 0 N–H and O–H groups in total. The zero-order chi connectivity index (χ0) is 12.5. The topological polar surface area (TPSA) is 34.9 Å². The molecule has 2 aromatic heterocycles. The van der Waals surface area contributed by atoms with Gasteiger partial charge in [0.05, 0.1) is 0 Å². The first-order valence-electron chi connectivity index (χ1n) is 6.79. The van der Waals surface area contributed by atoms with E-state index in [4.69, 9.17) is 0 Å². The Balaban J connectivity index is 2.29. The minimum absolute atomic E-state index is 0.0885. The molecule has 3 rings (SSSR count). The van der Waals surface area contributed by atoms with Crippen molar-refractivity contribution >= 4 is 11.0 Å². The van der Waals surface area contributed by atoms with Crippen LogP contribution in [0.4, 0.5) is 0 Å². The smallest absolute Gasteiger partial charge is 0.252 e. The summed E-state index contributed by atoms with van der Waals surface area (Å²) in [6.07, 6.45) is 6.75. The molecule has 0 aromatic carbocycles. The van der Waals surface area contributed by atoms with Gasteiger partial charge in [-0.15, -0.1) is 0 Å². The molecular formula is C15H18N2O. The summed E-state index contributed by atoms with van der Waals surface area (Å²) in [6.45, 7) is 2.67. The molecule has 2 aromatic rings. The fourth-order valence-electron chi connectivity index (χ4n) is 3.11. The van der Waals surface area contributed by atoms with Crippen molar-refractivity contribution in [3.63, 3.8) is 0 Å². The molecule has 1 fully saturated rings. The number of aryl methyl sites for hydroxylation is 1. The van der Waals surface area contributed by atoms with Gasteiger partial charge in [0.15, 0.2) is 0 Å². The number of nitrogens with zero attached hydrogens (tertiary/aromatic N) is 2. The van der Waals surface area contributed by atoms with Crippen LogP contribution in [0.1, 0.15) is 44.1 Å². The lowest BCUT2D eigenvalue weighted by atomic mass is 9.95. The summed E-state index contributed by atoms with van der Waals surface area (Å²) < 4.78 is 1.76. The molecule has 3 nitrogen and oxygen atoms in total. The predicted octanol–water partition coefficient (Wildman–Crippen LogP) is 3.07. The van der Waals surface area contributed by atoms with Gasteiger partial charge in [-0.25, -0.2) is 4.98 Å². The van der Waals surface area contributed by atoms with Crippen molar-refractivity contribution in [1.29, 1.82) is 0 Å². The van der Waals surface area contributed by atoms with Gasteiger partial charge in [0.1, 0.15) is 5.65 Å². The number of aromatic nitrogens is 2. The Kier molecular flexibility index (Phi) is 2.90. The van der Waals surface area contributed by atoms with Crippen LogP contribution in [-0.4, -0.2) is 9.55 Å². The summed E-state index contributed by atoms with van der Waals surface area (Å²) in [7, 11) is 0. The third-order valence-corrected chi connectivity index (χ3v) is 4.01. The summed E-state index contributed by atoms with van der Waals surface area (Å²) in [5.74, 6) is 0.552. The van der Waals surface area contributed by atoms with E-state index in [2.05, 4.69) is 11.1 Å². The molecule has 3 heteroatoms. The van der Waals surface area contributed by atoms with Crippen LogP contribution in [0.2, 0.25) is 0 Å². The van der Waals surface area contributed by atoms with Crippen molar-refractivity contribution in [3.8, 4) is 0 Å². The van der Waals surface area contributed by atoms with Gasteiger partial charge in [-0.05, 0) is 43.4 Å². The molecular weight excluding hydrogens is 224 g/mol. The number of hydrogen-bond donors (Lipinski definition) is 0. The molecule has 0 spiro atoms. The normalized spacial score (nSPS) is 16.5. The van der Waals surface area contributed by atoms with Gasteiger partial charge in [-0.1, -0.05) is 12.8 Å². The number of hydrogen-bond acceptors (Lipinski definition) is 2. The second-order valence-electron chi connectivity index (χ2n) is 5.04. The monoisotopic (exact) mass is 242 g/mol. The van der Waals surface area contributed by atoms with Crippen molar-refractivity contribution in [2.24, 2.45) is 0 Å². The van der Waals surface area contributed by atoms with E-state index in [1.165, 1.54) is 31.2 Å². The Bertz CT molecular complexity index is 624. The molecule has 1 aliphatic rings. The zero-order valence-corrected chi connectivity index (χ0v) is 10.7. The molecule has 0 saturated heterocycles. The molecule has 1 saturated carbocycles. The molecule has 18 heavy (non-hydrogen) atoms. The van der Waals surface area contributed by atoms with E-state index >= 15 is 0 Å². The maximum Gasteiger partial charge on any atom is 0.252 e. The minimum atomic E-state index is 0.0885. The molecule has 0 amide bonds. The van der Waals surface area contributed by atoms with Crippen LogP contribution in [0.25, 0.3) is 11.0 Å². The van der Waals surface area contributed by atoms with Crippen LogP contribution < -0.4 is 5.56 Å². The molecule has 0 radical (unpaired) electrons. The van der Waals surface area contributed by atoms with E-state index < -0.39 is 0 Å². The molecule has 94 valence electrons. The van der Waals surface area contributed by atoms with Crippen LogP contribution in [0.3, 0.4) is 0 Å². The fraction of sp³-hybridized carbons (Fsp3) is 0.467. The van der Waals surface area contributed by atoms with Crippen molar-refractivity contribution in [3.05, 3.63) is 40.3 Å².